The summed E-state index contributed by atoms with van der Waals surface area (Å²) in [7, 11) is 0. The Balaban J connectivity index is 2.12. The quantitative estimate of drug-likeness (QED) is 0.552. The number of rotatable bonds is 3. The van der Waals surface area contributed by atoms with E-state index in [2.05, 4.69) is 82.4 Å². The van der Waals surface area contributed by atoms with E-state index in [0.29, 0.717) is 0 Å². The Hall–Kier alpha value is -2.74. The highest BCUT2D eigenvalue weighted by atomic mass is 16.3. The molecule has 2 heteroatoms. The standard InChI is InChI=1S/C24H27NO/c1-16-9-6-10-17(2)23(16)25-20-13-8-14-21(26)22(20)18-11-7-12-19(15-18)24(3,4)5/h6-15,25-26H,1-5H3. The van der Waals surface area contributed by atoms with Gasteiger partial charge in [-0.1, -0.05) is 69.3 Å². The summed E-state index contributed by atoms with van der Waals surface area (Å²) in [6.07, 6.45) is 0. The van der Waals surface area contributed by atoms with Gasteiger partial charge in [0.2, 0.25) is 0 Å². The molecular formula is C24H27NO. The first-order chi connectivity index (χ1) is 12.3. The Bertz CT molecular complexity index is 915. The summed E-state index contributed by atoms with van der Waals surface area (Å²) in [5.41, 5.74) is 7.52. The van der Waals surface area contributed by atoms with Gasteiger partial charge in [0.1, 0.15) is 5.75 Å². The van der Waals surface area contributed by atoms with Gasteiger partial charge in [-0.3, -0.25) is 0 Å². The predicted molar refractivity (Wildman–Crippen MR) is 111 cm³/mol. The molecule has 0 saturated heterocycles. The first-order valence-electron chi connectivity index (χ1n) is 9.03. The maximum atomic E-state index is 10.6. The highest BCUT2D eigenvalue weighted by Crippen LogP contribution is 2.39. The number of aromatic hydroxyl groups is 1. The minimum atomic E-state index is 0.0562. The predicted octanol–water partition coefficient (Wildman–Crippen LogP) is 6.72. The van der Waals surface area contributed by atoms with Crippen LogP contribution in [-0.4, -0.2) is 5.11 Å². The van der Waals surface area contributed by atoms with Crippen LogP contribution in [0.5, 0.6) is 5.75 Å². The van der Waals surface area contributed by atoms with E-state index in [0.717, 1.165) is 22.5 Å². The molecule has 0 amide bonds. The number of phenols is 1. The van der Waals surface area contributed by atoms with Crippen molar-refractivity contribution in [2.24, 2.45) is 0 Å². The Morgan fingerprint density at radius 3 is 2.08 bits per heavy atom. The van der Waals surface area contributed by atoms with E-state index < -0.39 is 0 Å². The average molecular weight is 345 g/mol. The Labute approximate surface area is 156 Å². The minimum absolute atomic E-state index is 0.0562. The van der Waals surface area contributed by atoms with Crippen molar-refractivity contribution < 1.29 is 5.11 Å². The smallest absolute Gasteiger partial charge is 0.125 e. The van der Waals surface area contributed by atoms with E-state index in [1.165, 1.54) is 16.7 Å². The molecule has 0 unspecified atom stereocenters. The third-order valence-electron chi connectivity index (χ3n) is 4.80. The summed E-state index contributed by atoms with van der Waals surface area (Å²) in [6, 6.07) is 20.3. The minimum Gasteiger partial charge on any atom is -0.507 e. The maximum Gasteiger partial charge on any atom is 0.125 e. The molecule has 0 aromatic heterocycles. The molecule has 26 heavy (non-hydrogen) atoms. The summed E-state index contributed by atoms with van der Waals surface area (Å²) in [6.45, 7) is 10.8. The van der Waals surface area contributed by atoms with Gasteiger partial charge in [-0.2, -0.15) is 0 Å². The van der Waals surface area contributed by atoms with Gasteiger partial charge in [0.25, 0.3) is 0 Å². The molecule has 134 valence electrons. The van der Waals surface area contributed by atoms with Crippen LogP contribution < -0.4 is 5.32 Å². The number of aryl methyl sites for hydroxylation is 2. The number of nitrogens with one attached hydrogen (secondary N) is 1. The molecule has 2 N–H and O–H groups in total. The lowest BCUT2D eigenvalue weighted by Crippen LogP contribution is -2.10. The van der Waals surface area contributed by atoms with Gasteiger partial charge in [-0.25, -0.2) is 0 Å². The normalized spacial score (nSPS) is 11.4. The second kappa shape index (κ2) is 6.87. The van der Waals surface area contributed by atoms with Crippen LogP contribution in [0.4, 0.5) is 11.4 Å². The second-order valence-electron chi connectivity index (χ2n) is 7.92. The van der Waals surface area contributed by atoms with Crippen LogP contribution in [0, 0.1) is 13.8 Å². The van der Waals surface area contributed by atoms with Gasteiger partial charge < -0.3 is 10.4 Å². The molecule has 3 rings (SSSR count). The van der Waals surface area contributed by atoms with Crippen molar-refractivity contribution in [3.8, 4) is 16.9 Å². The van der Waals surface area contributed by atoms with Gasteiger partial charge >= 0.3 is 0 Å². The van der Waals surface area contributed by atoms with Crippen LogP contribution in [0.2, 0.25) is 0 Å². The van der Waals surface area contributed by atoms with Crippen molar-refractivity contribution >= 4 is 11.4 Å². The third-order valence-corrected chi connectivity index (χ3v) is 4.80. The zero-order valence-electron chi connectivity index (χ0n) is 16.2. The molecule has 0 heterocycles. The van der Waals surface area contributed by atoms with Crippen molar-refractivity contribution in [2.45, 2.75) is 40.0 Å². The average Bonchev–Trinajstić information content (AvgIpc) is 2.58. The lowest BCUT2D eigenvalue weighted by molar-refractivity contribution is 0.477. The van der Waals surface area contributed by atoms with Crippen molar-refractivity contribution in [1.29, 1.82) is 0 Å². The second-order valence-corrected chi connectivity index (χ2v) is 7.92. The molecule has 0 aliphatic carbocycles. The molecule has 3 aromatic carbocycles. The lowest BCUT2D eigenvalue weighted by Gasteiger charge is -2.21. The zero-order valence-corrected chi connectivity index (χ0v) is 16.2. The molecule has 2 nitrogen and oxygen atoms in total. The van der Waals surface area contributed by atoms with Crippen LogP contribution in [0.1, 0.15) is 37.5 Å². The Kier molecular flexibility index (Phi) is 4.78. The van der Waals surface area contributed by atoms with Crippen molar-refractivity contribution in [3.63, 3.8) is 0 Å². The van der Waals surface area contributed by atoms with E-state index in [1.54, 1.807) is 6.07 Å². The molecule has 0 atom stereocenters. The number of anilines is 2. The Morgan fingerprint density at radius 2 is 1.42 bits per heavy atom. The van der Waals surface area contributed by atoms with Crippen LogP contribution >= 0.6 is 0 Å². The van der Waals surface area contributed by atoms with Gasteiger partial charge in [-0.15, -0.1) is 0 Å². The monoisotopic (exact) mass is 345 g/mol. The van der Waals surface area contributed by atoms with Crippen molar-refractivity contribution in [1.82, 2.24) is 0 Å². The van der Waals surface area contributed by atoms with Crippen LogP contribution in [0.25, 0.3) is 11.1 Å². The first-order valence-corrected chi connectivity index (χ1v) is 9.03. The van der Waals surface area contributed by atoms with E-state index in [9.17, 15) is 5.11 Å². The molecule has 0 aliphatic rings. The molecule has 0 saturated carbocycles. The zero-order chi connectivity index (χ0) is 18.9. The SMILES string of the molecule is Cc1cccc(C)c1Nc1cccc(O)c1-c1cccc(C(C)(C)C)c1. The fraction of sp³-hybridized carbons (Fsp3) is 0.250. The molecule has 0 spiro atoms. The van der Waals surface area contributed by atoms with Crippen molar-refractivity contribution in [2.75, 3.05) is 5.32 Å². The lowest BCUT2D eigenvalue weighted by atomic mass is 9.85. The highest BCUT2D eigenvalue weighted by Gasteiger charge is 2.17. The number of para-hydroxylation sites is 1. The molecule has 0 bridgehead atoms. The Morgan fingerprint density at radius 1 is 0.808 bits per heavy atom. The number of phenolic OH excluding ortho intramolecular Hbond substituents is 1. The summed E-state index contributed by atoms with van der Waals surface area (Å²) in [5.74, 6) is 0.285. The number of hydrogen-bond donors (Lipinski definition) is 2. The number of hydrogen-bond acceptors (Lipinski definition) is 2. The topological polar surface area (TPSA) is 32.3 Å². The molecule has 3 aromatic rings. The first kappa shape index (κ1) is 18.1. The number of benzene rings is 3. The van der Waals surface area contributed by atoms with Crippen LogP contribution in [0.3, 0.4) is 0 Å². The molecule has 0 aliphatic heterocycles. The van der Waals surface area contributed by atoms with Gasteiger partial charge in [0, 0.05) is 11.3 Å². The summed E-state index contributed by atoms with van der Waals surface area (Å²) >= 11 is 0. The molecular weight excluding hydrogens is 318 g/mol. The highest BCUT2D eigenvalue weighted by molar-refractivity contribution is 5.86. The summed E-state index contributed by atoms with van der Waals surface area (Å²) in [5, 5.41) is 14.2. The maximum absolute atomic E-state index is 10.6. The van der Waals surface area contributed by atoms with E-state index in [-0.39, 0.29) is 11.2 Å². The molecule has 0 radical (unpaired) electrons. The third kappa shape index (κ3) is 3.60. The fourth-order valence-corrected chi connectivity index (χ4v) is 3.24. The van der Waals surface area contributed by atoms with E-state index in [1.807, 2.05) is 12.1 Å². The largest absolute Gasteiger partial charge is 0.507 e. The summed E-state index contributed by atoms with van der Waals surface area (Å²) in [4.78, 5) is 0. The summed E-state index contributed by atoms with van der Waals surface area (Å²) < 4.78 is 0. The van der Waals surface area contributed by atoms with Crippen LogP contribution in [-0.2, 0) is 5.41 Å². The van der Waals surface area contributed by atoms with Gasteiger partial charge in [0.15, 0.2) is 0 Å². The van der Waals surface area contributed by atoms with Gasteiger partial charge in [0.05, 0.1) is 5.69 Å². The van der Waals surface area contributed by atoms with E-state index in [4.69, 9.17) is 0 Å². The van der Waals surface area contributed by atoms with Crippen LogP contribution in [0.15, 0.2) is 60.7 Å². The van der Waals surface area contributed by atoms with E-state index >= 15 is 0 Å². The van der Waals surface area contributed by atoms with Gasteiger partial charge in [-0.05, 0) is 53.6 Å². The molecule has 0 fully saturated rings. The fourth-order valence-electron chi connectivity index (χ4n) is 3.24. The van der Waals surface area contributed by atoms with Crippen molar-refractivity contribution in [3.05, 3.63) is 77.4 Å².